The molecule has 3 heteroatoms. The second-order valence-electron chi connectivity index (χ2n) is 3.83. The van der Waals surface area contributed by atoms with E-state index in [0.717, 1.165) is 25.2 Å². The quantitative estimate of drug-likeness (QED) is 0.696. The van der Waals surface area contributed by atoms with Gasteiger partial charge < -0.3 is 15.3 Å². The number of phenolic OH excluding ortho intramolecular Hbond substituents is 1. The fraction of sp³-hybridized carbons (Fsp3) is 0.455. The summed E-state index contributed by atoms with van der Waals surface area (Å²) in [5, 5.41) is 13.1. The number of piperazine rings is 1. The van der Waals surface area contributed by atoms with Crippen LogP contribution in [-0.4, -0.2) is 36.7 Å². The highest BCUT2D eigenvalue weighted by Gasteiger charge is 2.19. The van der Waals surface area contributed by atoms with Crippen molar-refractivity contribution in [1.82, 2.24) is 10.2 Å². The van der Waals surface area contributed by atoms with Gasteiger partial charge in [0.1, 0.15) is 5.75 Å². The Hall–Kier alpha value is -1.06. The fourth-order valence-electron chi connectivity index (χ4n) is 1.89. The molecule has 1 aromatic carbocycles. The van der Waals surface area contributed by atoms with Gasteiger partial charge in [-0.3, -0.25) is 0 Å². The van der Waals surface area contributed by atoms with E-state index in [9.17, 15) is 5.11 Å². The third-order valence-corrected chi connectivity index (χ3v) is 2.69. The smallest absolute Gasteiger partial charge is 0.120 e. The number of rotatable bonds is 1. The molecule has 76 valence electrons. The first-order chi connectivity index (χ1) is 6.77. The predicted octanol–water partition coefficient (Wildman–Crippen LogP) is 0.968. The van der Waals surface area contributed by atoms with E-state index in [2.05, 4.69) is 17.3 Å². The van der Waals surface area contributed by atoms with Crippen molar-refractivity contribution in [3.05, 3.63) is 29.8 Å². The van der Waals surface area contributed by atoms with Crippen molar-refractivity contribution >= 4 is 0 Å². The lowest BCUT2D eigenvalue weighted by Crippen LogP contribution is -2.43. The van der Waals surface area contributed by atoms with Crippen LogP contribution in [0.5, 0.6) is 5.75 Å². The lowest BCUT2D eigenvalue weighted by Gasteiger charge is -2.31. The SMILES string of the molecule is CN1CCNC(c2ccccc2O)C1. The molecule has 0 radical (unpaired) electrons. The van der Waals surface area contributed by atoms with E-state index in [-0.39, 0.29) is 6.04 Å². The number of nitrogens with zero attached hydrogens (tertiary/aromatic N) is 1. The van der Waals surface area contributed by atoms with E-state index in [1.807, 2.05) is 18.2 Å². The zero-order chi connectivity index (χ0) is 9.97. The summed E-state index contributed by atoms with van der Waals surface area (Å²) in [6.07, 6.45) is 0. The Morgan fingerprint density at radius 2 is 2.21 bits per heavy atom. The van der Waals surface area contributed by atoms with Crippen LogP contribution >= 0.6 is 0 Å². The van der Waals surface area contributed by atoms with Crippen molar-refractivity contribution in [1.29, 1.82) is 0 Å². The molecule has 1 aliphatic heterocycles. The first-order valence-electron chi connectivity index (χ1n) is 4.97. The molecular weight excluding hydrogens is 176 g/mol. The zero-order valence-electron chi connectivity index (χ0n) is 8.40. The highest BCUT2D eigenvalue weighted by Crippen LogP contribution is 2.25. The van der Waals surface area contributed by atoms with Crippen LogP contribution < -0.4 is 5.32 Å². The molecule has 0 spiro atoms. The molecular formula is C11H16N2O. The van der Waals surface area contributed by atoms with Crippen molar-refractivity contribution < 1.29 is 5.11 Å². The first kappa shape index (κ1) is 9.49. The number of aromatic hydroxyl groups is 1. The largest absolute Gasteiger partial charge is 0.508 e. The Bertz CT molecular complexity index is 314. The molecule has 1 unspecified atom stereocenters. The average molecular weight is 192 g/mol. The van der Waals surface area contributed by atoms with E-state index < -0.39 is 0 Å². The van der Waals surface area contributed by atoms with Gasteiger partial charge in [-0.1, -0.05) is 18.2 Å². The number of para-hydroxylation sites is 1. The molecule has 1 aromatic rings. The van der Waals surface area contributed by atoms with Gasteiger partial charge in [-0.05, 0) is 13.1 Å². The lowest BCUT2D eigenvalue weighted by molar-refractivity contribution is 0.238. The van der Waals surface area contributed by atoms with Crippen LogP contribution in [-0.2, 0) is 0 Å². The third kappa shape index (κ3) is 1.89. The van der Waals surface area contributed by atoms with Gasteiger partial charge in [0.05, 0.1) is 0 Å². The van der Waals surface area contributed by atoms with Crippen molar-refractivity contribution in [2.45, 2.75) is 6.04 Å². The second-order valence-corrected chi connectivity index (χ2v) is 3.83. The molecule has 1 aliphatic rings. The van der Waals surface area contributed by atoms with Gasteiger partial charge in [0.15, 0.2) is 0 Å². The summed E-state index contributed by atoms with van der Waals surface area (Å²) in [6, 6.07) is 7.80. The molecule has 0 saturated carbocycles. The van der Waals surface area contributed by atoms with Crippen LogP contribution in [0.1, 0.15) is 11.6 Å². The molecule has 1 atom stereocenters. The minimum Gasteiger partial charge on any atom is -0.508 e. The standard InChI is InChI=1S/C11H16N2O/c1-13-7-6-12-10(8-13)9-4-2-3-5-11(9)14/h2-5,10,12,14H,6-8H2,1H3. The van der Waals surface area contributed by atoms with E-state index in [0.29, 0.717) is 5.75 Å². The van der Waals surface area contributed by atoms with Gasteiger partial charge in [0, 0.05) is 31.2 Å². The maximum Gasteiger partial charge on any atom is 0.120 e. The monoisotopic (exact) mass is 192 g/mol. The molecule has 14 heavy (non-hydrogen) atoms. The molecule has 0 aliphatic carbocycles. The Kier molecular flexibility index (Phi) is 2.70. The summed E-state index contributed by atoms with van der Waals surface area (Å²) in [5.41, 5.74) is 0.999. The molecule has 2 rings (SSSR count). The van der Waals surface area contributed by atoms with Crippen molar-refractivity contribution in [2.75, 3.05) is 26.7 Å². The van der Waals surface area contributed by atoms with Crippen molar-refractivity contribution in [3.8, 4) is 5.75 Å². The normalized spacial score (nSPS) is 23.6. The summed E-state index contributed by atoms with van der Waals surface area (Å²) in [6.45, 7) is 3.01. The van der Waals surface area contributed by atoms with Gasteiger partial charge >= 0.3 is 0 Å². The highest BCUT2D eigenvalue weighted by atomic mass is 16.3. The number of hydrogen-bond donors (Lipinski definition) is 2. The topological polar surface area (TPSA) is 35.5 Å². The average Bonchev–Trinajstić information content (AvgIpc) is 2.18. The minimum absolute atomic E-state index is 0.259. The molecule has 2 N–H and O–H groups in total. The number of likely N-dealkylation sites (N-methyl/N-ethyl adjacent to an activating group) is 1. The highest BCUT2D eigenvalue weighted by molar-refractivity contribution is 5.34. The molecule has 0 amide bonds. The van der Waals surface area contributed by atoms with Crippen molar-refractivity contribution in [2.24, 2.45) is 0 Å². The van der Waals surface area contributed by atoms with Crippen LogP contribution in [0.25, 0.3) is 0 Å². The van der Waals surface area contributed by atoms with E-state index in [1.54, 1.807) is 6.07 Å². The Morgan fingerprint density at radius 1 is 1.43 bits per heavy atom. The summed E-state index contributed by atoms with van der Waals surface area (Å²) in [4.78, 5) is 2.27. The first-order valence-corrected chi connectivity index (χ1v) is 4.97. The Labute approximate surface area is 84.4 Å². The second kappa shape index (κ2) is 3.98. The summed E-state index contributed by atoms with van der Waals surface area (Å²) in [7, 11) is 2.10. The summed E-state index contributed by atoms with van der Waals surface area (Å²) < 4.78 is 0. The van der Waals surface area contributed by atoms with Gasteiger partial charge in [0.2, 0.25) is 0 Å². The van der Waals surface area contributed by atoms with Crippen molar-refractivity contribution in [3.63, 3.8) is 0 Å². The summed E-state index contributed by atoms with van der Waals surface area (Å²) >= 11 is 0. The van der Waals surface area contributed by atoms with E-state index in [4.69, 9.17) is 0 Å². The maximum absolute atomic E-state index is 9.69. The lowest BCUT2D eigenvalue weighted by atomic mass is 10.0. The van der Waals surface area contributed by atoms with Crippen LogP contribution in [0.2, 0.25) is 0 Å². The van der Waals surface area contributed by atoms with Gasteiger partial charge in [-0.25, -0.2) is 0 Å². The van der Waals surface area contributed by atoms with Crippen LogP contribution in [0.4, 0.5) is 0 Å². The van der Waals surface area contributed by atoms with E-state index in [1.165, 1.54) is 0 Å². The number of benzene rings is 1. The fourth-order valence-corrected chi connectivity index (χ4v) is 1.89. The number of hydrogen-bond acceptors (Lipinski definition) is 3. The van der Waals surface area contributed by atoms with E-state index >= 15 is 0 Å². The van der Waals surface area contributed by atoms with Crippen LogP contribution in [0.3, 0.4) is 0 Å². The number of nitrogens with one attached hydrogen (secondary N) is 1. The minimum atomic E-state index is 0.259. The van der Waals surface area contributed by atoms with Gasteiger partial charge in [-0.2, -0.15) is 0 Å². The molecule has 1 heterocycles. The predicted molar refractivity (Wildman–Crippen MR) is 56.3 cm³/mol. The molecule has 0 aromatic heterocycles. The maximum atomic E-state index is 9.69. The van der Waals surface area contributed by atoms with Crippen LogP contribution in [0.15, 0.2) is 24.3 Å². The molecule has 1 fully saturated rings. The number of phenols is 1. The Morgan fingerprint density at radius 3 is 2.93 bits per heavy atom. The van der Waals surface area contributed by atoms with Gasteiger partial charge in [0.25, 0.3) is 0 Å². The van der Waals surface area contributed by atoms with Gasteiger partial charge in [-0.15, -0.1) is 0 Å². The van der Waals surface area contributed by atoms with Crippen LogP contribution in [0, 0.1) is 0 Å². The Balaban J connectivity index is 2.18. The molecule has 0 bridgehead atoms. The third-order valence-electron chi connectivity index (χ3n) is 2.69. The molecule has 1 saturated heterocycles. The summed E-state index contributed by atoms with van der Waals surface area (Å²) in [5.74, 6) is 0.389. The zero-order valence-corrected chi connectivity index (χ0v) is 8.40. The molecule has 3 nitrogen and oxygen atoms in total.